The second-order valence-corrected chi connectivity index (χ2v) is 9.93. The van der Waals surface area contributed by atoms with E-state index < -0.39 is 44.5 Å². The predicted molar refractivity (Wildman–Crippen MR) is 101 cm³/mol. The standard InChI is InChI=1S/C17H15F8NO3S2/c1-16(28,10-30-14-5-3-2-4-13(14)29-17(18,19)20)15(27)26-11-6-8-12(9-7-11)31(21,22,23,24)25/h2-9,28H,10H2,1H3,(H,26,27). The summed E-state index contributed by atoms with van der Waals surface area (Å²) in [5.41, 5.74) is -2.49. The van der Waals surface area contributed by atoms with Gasteiger partial charge >= 0.3 is 16.6 Å². The van der Waals surface area contributed by atoms with Crippen molar-refractivity contribution in [1.82, 2.24) is 0 Å². The summed E-state index contributed by atoms with van der Waals surface area (Å²) < 4.78 is 105. The van der Waals surface area contributed by atoms with E-state index in [-0.39, 0.29) is 22.7 Å². The first kappa shape index (κ1) is 25.1. The van der Waals surface area contributed by atoms with E-state index in [2.05, 4.69) is 10.1 Å². The molecule has 31 heavy (non-hydrogen) atoms. The second kappa shape index (κ2) is 7.45. The number of anilines is 1. The van der Waals surface area contributed by atoms with Gasteiger partial charge in [-0.3, -0.25) is 4.79 Å². The normalized spacial score (nSPS) is 16.6. The van der Waals surface area contributed by atoms with Crippen molar-refractivity contribution in [2.24, 2.45) is 0 Å². The highest BCUT2D eigenvalue weighted by molar-refractivity contribution is 8.45. The lowest BCUT2D eigenvalue weighted by molar-refractivity contribution is -0.275. The molecule has 2 aromatic carbocycles. The third-order valence-corrected chi connectivity index (χ3v) is 6.15. The Labute approximate surface area is 175 Å². The molecule has 1 atom stereocenters. The van der Waals surface area contributed by atoms with Crippen LogP contribution in [0.2, 0.25) is 0 Å². The monoisotopic (exact) mass is 497 g/mol. The van der Waals surface area contributed by atoms with Gasteiger partial charge in [-0.25, -0.2) is 0 Å². The average Bonchev–Trinajstić information content (AvgIpc) is 2.58. The molecule has 14 heteroatoms. The molecule has 1 amide bonds. The van der Waals surface area contributed by atoms with Gasteiger partial charge in [-0.15, -0.1) is 24.9 Å². The molecule has 0 aliphatic heterocycles. The van der Waals surface area contributed by atoms with E-state index in [1.807, 2.05) is 0 Å². The maximum Gasteiger partial charge on any atom is 0.573 e. The highest BCUT2D eigenvalue weighted by Crippen LogP contribution is 3.02. The fourth-order valence-electron chi connectivity index (χ4n) is 2.12. The molecule has 2 N–H and O–H groups in total. The topological polar surface area (TPSA) is 58.6 Å². The van der Waals surface area contributed by atoms with Crippen LogP contribution in [0.4, 0.5) is 38.3 Å². The number of alkyl halides is 3. The van der Waals surface area contributed by atoms with Crippen LogP contribution in [0, 0.1) is 0 Å². The zero-order valence-corrected chi connectivity index (χ0v) is 17.1. The average molecular weight is 497 g/mol. The Bertz CT molecular complexity index is 961. The molecule has 0 aliphatic carbocycles. The highest BCUT2D eigenvalue weighted by atomic mass is 32.5. The van der Waals surface area contributed by atoms with Gasteiger partial charge in [0, 0.05) is 16.3 Å². The Morgan fingerprint density at radius 3 is 2.10 bits per heavy atom. The molecular formula is C17H15F8NO3S2. The third-order valence-electron chi connectivity index (χ3n) is 3.63. The summed E-state index contributed by atoms with van der Waals surface area (Å²) in [6, 6.07) is 6.33. The lowest BCUT2D eigenvalue weighted by atomic mass is 10.1. The molecule has 0 aromatic heterocycles. The number of ether oxygens (including phenoxy) is 1. The number of nitrogens with one attached hydrogen (secondary N) is 1. The fraction of sp³-hybridized carbons (Fsp3) is 0.235. The zero-order chi connectivity index (χ0) is 23.8. The number of carbonyl (C=O) groups is 1. The largest absolute Gasteiger partial charge is 0.573 e. The Kier molecular flexibility index (Phi) is 6.02. The van der Waals surface area contributed by atoms with Crippen LogP contribution in [-0.2, 0) is 4.79 Å². The molecule has 2 aromatic rings. The van der Waals surface area contributed by atoms with Gasteiger partial charge in [-0.2, -0.15) is 0 Å². The third kappa shape index (κ3) is 7.47. The van der Waals surface area contributed by atoms with Gasteiger partial charge < -0.3 is 15.2 Å². The van der Waals surface area contributed by atoms with Crippen molar-refractivity contribution >= 4 is 33.6 Å². The van der Waals surface area contributed by atoms with E-state index in [9.17, 15) is 42.5 Å². The summed E-state index contributed by atoms with van der Waals surface area (Å²) in [7, 11) is -9.87. The molecule has 0 saturated carbocycles. The number of rotatable bonds is 7. The molecule has 4 nitrogen and oxygen atoms in total. The summed E-state index contributed by atoms with van der Waals surface area (Å²) >= 11 is 0.659. The Hall–Kier alpha value is -2.19. The first-order chi connectivity index (χ1) is 13.8. The number of hydrogen-bond acceptors (Lipinski definition) is 4. The van der Waals surface area contributed by atoms with Gasteiger partial charge in [0.05, 0.1) is 0 Å². The van der Waals surface area contributed by atoms with Crippen molar-refractivity contribution in [2.75, 3.05) is 11.1 Å². The Balaban J connectivity index is 2.08. The predicted octanol–water partition coefficient (Wildman–Crippen LogP) is 6.72. The van der Waals surface area contributed by atoms with Crippen molar-refractivity contribution in [2.45, 2.75) is 28.7 Å². The van der Waals surface area contributed by atoms with Gasteiger partial charge in [-0.1, -0.05) is 31.6 Å². The van der Waals surface area contributed by atoms with Gasteiger partial charge in [-0.05, 0) is 43.3 Å². The van der Waals surface area contributed by atoms with E-state index in [1.54, 1.807) is 0 Å². The fourth-order valence-corrected chi connectivity index (χ4v) is 3.77. The van der Waals surface area contributed by atoms with Crippen molar-refractivity contribution < 1.29 is 47.2 Å². The summed E-state index contributed by atoms with van der Waals surface area (Å²) in [5, 5.41) is 12.4. The molecule has 0 saturated heterocycles. The van der Waals surface area contributed by atoms with Gasteiger partial charge in [0.2, 0.25) is 0 Å². The number of aliphatic hydroxyl groups is 1. The van der Waals surface area contributed by atoms with Crippen LogP contribution < -0.4 is 10.1 Å². The van der Waals surface area contributed by atoms with E-state index in [0.29, 0.717) is 23.9 Å². The minimum absolute atomic E-state index is 0.0341. The Morgan fingerprint density at radius 1 is 1.03 bits per heavy atom. The quantitative estimate of drug-likeness (QED) is 0.329. The minimum atomic E-state index is -9.87. The molecule has 0 bridgehead atoms. The smallest absolute Gasteiger partial charge is 0.405 e. The molecule has 1 unspecified atom stereocenters. The summed E-state index contributed by atoms with van der Waals surface area (Å²) in [6.07, 6.45) is -4.96. The van der Waals surface area contributed by atoms with Crippen LogP contribution in [-0.4, -0.2) is 28.7 Å². The molecule has 0 radical (unpaired) electrons. The van der Waals surface area contributed by atoms with Crippen LogP contribution in [0.25, 0.3) is 0 Å². The molecule has 0 aliphatic rings. The van der Waals surface area contributed by atoms with Crippen molar-refractivity contribution in [3.8, 4) is 5.75 Å². The number of amides is 1. The lowest BCUT2D eigenvalue weighted by Crippen LogP contribution is -2.42. The summed E-state index contributed by atoms with van der Waals surface area (Å²) in [4.78, 5) is 10.0. The van der Waals surface area contributed by atoms with Gasteiger partial charge in [0.25, 0.3) is 5.91 Å². The number of thioether (sulfide) groups is 1. The number of carbonyl (C=O) groups excluding carboxylic acids is 1. The first-order valence-corrected chi connectivity index (χ1v) is 11.1. The molecule has 0 heterocycles. The van der Waals surface area contributed by atoms with Gasteiger partial charge in [0.1, 0.15) is 16.2 Å². The van der Waals surface area contributed by atoms with Gasteiger partial charge in [0.15, 0.2) is 0 Å². The minimum Gasteiger partial charge on any atom is -0.405 e. The molecule has 2 rings (SSSR count). The van der Waals surface area contributed by atoms with E-state index >= 15 is 0 Å². The van der Waals surface area contributed by atoms with Crippen LogP contribution in [0.1, 0.15) is 6.92 Å². The highest BCUT2D eigenvalue weighted by Gasteiger charge is 2.65. The maximum absolute atomic E-state index is 12.7. The zero-order valence-electron chi connectivity index (χ0n) is 15.4. The molecule has 0 spiro atoms. The van der Waals surface area contributed by atoms with E-state index in [1.165, 1.54) is 18.2 Å². The number of halogens is 8. The number of hydrogen-bond donors (Lipinski definition) is 2. The second-order valence-electron chi connectivity index (χ2n) is 6.50. The molecular weight excluding hydrogens is 482 g/mol. The Morgan fingerprint density at radius 2 is 1.58 bits per heavy atom. The number of para-hydroxylation sites is 1. The number of benzene rings is 2. The van der Waals surface area contributed by atoms with Crippen LogP contribution in [0.5, 0.6) is 5.75 Å². The summed E-state index contributed by atoms with van der Waals surface area (Å²) in [6.45, 7) is 1.02. The van der Waals surface area contributed by atoms with Crippen molar-refractivity contribution in [3.05, 3.63) is 48.5 Å². The van der Waals surface area contributed by atoms with Crippen LogP contribution >= 0.6 is 22.0 Å². The van der Waals surface area contributed by atoms with Crippen LogP contribution in [0.15, 0.2) is 58.3 Å². The lowest BCUT2D eigenvalue weighted by Gasteiger charge is -2.40. The molecule has 0 fully saturated rings. The van der Waals surface area contributed by atoms with Crippen LogP contribution in [0.3, 0.4) is 0 Å². The van der Waals surface area contributed by atoms with Crippen molar-refractivity contribution in [3.63, 3.8) is 0 Å². The molecule has 174 valence electrons. The van der Waals surface area contributed by atoms with E-state index in [0.717, 1.165) is 13.0 Å². The SMILES string of the molecule is CC(O)(CSc1ccccc1OC(F)(F)F)C(=O)Nc1ccc(S(F)(F)(F)(F)F)cc1. The maximum atomic E-state index is 12.7. The van der Waals surface area contributed by atoms with Crippen molar-refractivity contribution in [1.29, 1.82) is 0 Å². The summed E-state index contributed by atoms with van der Waals surface area (Å²) in [5.74, 6) is -2.13. The first-order valence-electron chi connectivity index (χ1n) is 8.12. The van der Waals surface area contributed by atoms with E-state index in [4.69, 9.17) is 0 Å².